The second-order valence-corrected chi connectivity index (χ2v) is 8.55. The molecule has 0 radical (unpaired) electrons. The number of ether oxygens (including phenoxy) is 3. The van der Waals surface area contributed by atoms with E-state index in [2.05, 4.69) is 5.32 Å². The lowest BCUT2D eigenvalue weighted by molar-refractivity contribution is -0.0109. The summed E-state index contributed by atoms with van der Waals surface area (Å²) in [7, 11) is 3.29. The van der Waals surface area contributed by atoms with E-state index in [-0.39, 0.29) is 12.1 Å². The van der Waals surface area contributed by atoms with Crippen molar-refractivity contribution in [2.75, 3.05) is 34.0 Å². The average Bonchev–Trinajstić information content (AvgIpc) is 2.71. The summed E-state index contributed by atoms with van der Waals surface area (Å²) in [6.07, 6.45) is 11.9. The molecule has 2 saturated carbocycles. The Morgan fingerprint density at radius 2 is 1.70 bits per heavy atom. The van der Waals surface area contributed by atoms with E-state index in [4.69, 9.17) is 19.9 Å². The van der Waals surface area contributed by atoms with E-state index >= 15 is 0 Å². The van der Waals surface area contributed by atoms with Crippen molar-refractivity contribution in [2.24, 2.45) is 17.6 Å². The quantitative estimate of drug-likeness (QED) is 0.447. The first-order chi connectivity index (χ1) is 13.1. The fourth-order valence-corrected chi connectivity index (χ4v) is 4.47. The Bertz CT molecular complexity index is 371. The summed E-state index contributed by atoms with van der Waals surface area (Å²) >= 11 is 0. The molecule has 3 atom stereocenters. The van der Waals surface area contributed by atoms with Gasteiger partial charge in [-0.1, -0.05) is 19.3 Å². The van der Waals surface area contributed by atoms with Crippen LogP contribution in [0.1, 0.15) is 64.2 Å². The van der Waals surface area contributed by atoms with Crippen LogP contribution in [0.2, 0.25) is 0 Å². The monoisotopic (exact) mass is 386 g/mol. The molecule has 0 saturated heterocycles. The molecule has 0 aromatic heterocycles. The van der Waals surface area contributed by atoms with Gasteiger partial charge in [-0.25, -0.2) is 0 Å². The number of aliphatic hydroxyl groups is 1. The van der Waals surface area contributed by atoms with Crippen molar-refractivity contribution in [3.8, 4) is 0 Å². The van der Waals surface area contributed by atoms with Crippen LogP contribution in [0.15, 0.2) is 0 Å². The van der Waals surface area contributed by atoms with Crippen molar-refractivity contribution in [2.45, 2.75) is 88.7 Å². The Morgan fingerprint density at radius 1 is 1.00 bits per heavy atom. The van der Waals surface area contributed by atoms with Gasteiger partial charge in [-0.2, -0.15) is 0 Å². The number of rotatable bonds is 12. The molecule has 6 nitrogen and oxygen atoms in total. The molecule has 0 aliphatic heterocycles. The minimum atomic E-state index is -0.709. The highest BCUT2D eigenvalue weighted by Gasteiger charge is 2.26. The molecule has 2 rings (SSSR count). The van der Waals surface area contributed by atoms with Crippen molar-refractivity contribution in [3.05, 3.63) is 0 Å². The topological polar surface area (TPSA) is 86.0 Å². The zero-order valence-corrected chi connectivity index (χ0v) is 17.4. The van der Waals surface area contributed by atoms with E-state index in [0.717, 1.165) is 44.6 Å². The number of methoxy groups -OCH3 is 2. The summed E-state index contributed by atoms with van der Waals surface area (Å²) in [5.41, 5.74) is 6.22. The molecule has 2 fully saturated rings. The van der Waals surface area contributed by atoms with E-state index in [1.807, 2.05) is 0 Å². The Hall–Kier alpha value is -0.240. The van der Waals surface area contributed by atoms with Crippen molar-refractivity contribution in [1.29, 1.82) is 0 Å². The molecule has 2 aliphatic carbocycles. The third-order valence-electron chi connectivity index (χ3n) is 6.34. The van der Waals surface area contributed by atoms with Crippen LogP contribution in [-0.4, -0.2) is 63.6 Å². The molecular weight excluding hydrogens is 344 g/mol. The summed E-state index contributed by atoms with van der Waals surface area (Å²) < 4.78 is 16.6. The van der Waals surface area contributed by atoms with Crippen LogP contribution in [0.4, 0.5) is 0 Å². The molecule has 2 unspecified atom stereocenters. The van der Waals surface area contributed by atoms with Gasteiger partial charge in [0.15, 0.2) is 0 Å². The van der Waals surface area contributed by atoms with Crippen LogP contribution in [0, 0.1) is 11.8 Å². The summed E-state index contributed by atoms with van der Waals surface area (Å²) in [6.45, 7) is 1.98. The Morgan fingerprint density at radius 3 is 2.33 bits per heavy atom. The van der Waals surface area contributed by atoms with Gasteiger partial charge in [-0.05, 0) is 56.8 Å². The first kappa shape index (κ1) is 23.0. The minimum Gasteiger partial charge on any atom is -0.382 e. The largest absolute Gasteiger partial charge is 0.382 e. The highest BCUT2D eigenvalue weighted by atomic mass is 16.5. The van der Waals surface area contributed by atoms with Gasteiger partial charge < -0.3 is 25.1 Å². The van der Waals surface area contributed by atoms with Crippen LogP contribution in [0.3, 0.4) is 0 Å². The number of hydrogen-bond donors (Lipinski definition) is 3. The summed E-state index contributed by atoms with van der Waals surface area (Å²) in [5.74, 6) is 1.38. The molecule has 0 aromatic carbocycles. The maximum absolute atomic E-state index is 10.3. The zero-order valence-electron chi connectivity index (χ0n) is 17.4. The third kappa shape index (κ3) is 8.75. The van der Waals surface area contributed by atoms with Gasteiger partial charge in [-0.15, -0.1) is 0 Å². The summed E-state index contributed by atoms with van der Waals surface area (Å²) in [4.78, 5) is 0. The molecule has 0 heterocycles. The molecule has 0 amide bonds. The molecule has 2 aliphatic rings. The van der Waals surface area contributed by atoms with E-state index < -0.39 is 6.23 Å². The Kier molecular flexibility index (Phi) is 11.2. The minimum absolute atomic E-state index is 0.0754. The Labute approximate surface area is 165 Å². The summed E-state index contributed by atoms with van der Waals surface area (Å²) in [5, 5.41) is 13.4. The van der Waals surface area contributed by atoms with E-state index in [1.165, 1.54) is 32.1 Å². The fraction of sp³-hybridized carbons (Fsp3) is 1.00. The van der Waals surface area contributed by atoms with Gasteiger partial charge in [-0.3, -0.25) is 5.32 Å². The molecule has 160 valence electrons. The molecule has 0 aromatic rings. The molecule has 4 N–H and O–H groups in total. The lowest BCUT2D eigenvalue weighted by Crippen LogP contribution is -2.49. The van der Waals surface area contributed by atoms with Crippen molar-refractivity contribution < 1.29 is 19.3 Å². The van der Waals surface area contributed by atoms with Gasteiger partial charge in [0.05, 0.1) is 18.8 Å². The van der Waals surface area contributed by atoms with Gasteiger partial charge >= 0.3 is 0 Å². The third-order valence-corrected chi connectivity index (χ3v) is 6.34. The second-order valence-electron chi connectivity index (χ2n) is 8.55. The predicted octanol–water partition coefficient (Wildman–Crippen LogP) is 2.43. The molecular formula is C21H42N2O4. The second kappa shape index (κ2) is 13.1. The maximum Gasteiger partial charge on any atom is 0.120 e. The van der Waals surface area contributed by atoms with Crippen LogP contribution in [0.5, 0.6) is 0 Å². The van der Waals surface area contributed by atoms with Crippen molar-refractivity contribution >= 4 is 0 Å². The van der Waals surface area contributed by atoms with Gasteiger partial charge in [0.2, 0.25) is 0 Å². The highest BCUT2D eigenvalue weighted by molar-refractivity contribution is 4.80. The van der Waals surface area contributed by atoms with Gasteiger partial charge in [0, 0.05) is 33.4 Å². The number of aliphatic hydroxyl groups excluding tert-OH is 1. The average molecular weight is 387 g/mol. The predicted molar refractivity (Wildman–Crippen MR) is 108 cm³/mol. The molecule has 0 bridgehead atoms. The van der Waals surface area contributed by atoms with Crippen molar-refractivity contribution in [1.82, 2.24) is 5.32 Å². The van der Waals surface area contributed by atoms with Crippen molar-refractivity contribution in [3.63, 3.8) is 0 Å². The molecule has 0 spiro atoms. The van der Waals surface area contributed by atoms with E-state index in [1.54, 1.807) is 14.2 Å². The molecule has 6 heteroatoms. The SMILES string of the molecule is COCC(CNC(O)[C@@H](N)CC1CCC(OCC2CCCCC2)CC1)OC. The number of nitrogens with two attached hydrogens (primary N) is 1. The van der Waals surface area contributed by atoms with Crippen LogP contribution in [-0.2, 0) is 14.2 Å². The highest BCUT2D eigenvalue weighted by Crippen LogP contribution is 2.31. The lowest BCUT2D eigenvalue weighted by Gasteiger charge is -2.32. The van der Waals surface area contributed by atoms with E-state index in [0.29, 0.717) is 25.2 Å². The van der Waals surface area contributed by atoms with Crippen LogP contribution >= 0.6 is 0 Å². The number of hydrogen-bond acceptors (Lipinski definition) is 6. The van der Waals surface area contributed by atoms with Gasteiger partial charge in [0.1, 0.15) is 6.23 Å². The fourth-order valence-electron chi connectivity index (χ4n) is 4.47. The van der Waals surface area contributed by atoms with Crippen LogP contribution in [0.25, 0.3) is 0 Å². The smallest absolute Gasteiger partial charge is 0.120 e. The zero-order chi connectivity index (χ0) is 19.5. The van der Waals surface area contributed by atoms with E-state index in [9.17, 15) is 5.11 Å². The number of nitrogens with one attached hydrogen (secondary N) is 1. The Balaban J connectivity index is 1.58. The first-order valence-electron chi connectivity index (χ1n) is 10.9. The summed E-state index contributed by atoms with van der Waals surface area (Å²) in [6, 6.07) is -0.255. The normalized spacial score (nSPS) is 28.0. The van der Waals surface area contributed by atoms with Crippen LogP contribution < -0.4 is 11.1 Å². The van der Waals surface area contributed by atoms with Gasteiger partial charge in [0.25, 0.3) is 0 Å². The first-order valence-corrected chi connectivity index (χ1v) is 10.9. The maximum atomic E-state index is 10.3. The molecule has 27 heavy (non-hydrogen) atoms. The standard InChI is InChI=1S/C21H42N2O4/c1-25-15-19(26-2)13-23-21(24)20(22)12-16-8-10-18(11-9-16)27-14-17-6-4-3-5-7-17/h16-21,23-24H,3-15,22H2,1-2H3/t16?,18?,19?,20-,21?/m0/s1. The lowest BCUT2D eigenvalue weighted by atomic mass is 9.83.